The monoisotopic (exact) mass is 447 g/mol. The predicted molar refractivity (Wildman–Crippen MR) is 124 cm³/mol. The number of carbonyl (C=O) groups excluding carboxylic acids is 2. The van der Waals surface area contributed by atoms with E-state index in [4.69, 9.17) is 9.15 Å². The highest BCUT2D eigenvalue weighted by molar-refractivity contribution is 7.98. The van der Waals surface area contributed by atoms with Crippen molar-refractivity contribution in [2.45, 2.75) is 32.4 Å². The summed E-state index contributed by atoms with van der Waals surface area (Å²) in [5, 5.41) is 5.81. The number of rotatable bonds is 14. The van der Waals surface area contributed by atoms with Crippen molar-refractivity contribution in [3.05, 3.63) is 54.5 Å². The van der Waals surface area contributed by atoms with Gasteiger partial charge in [-0.15, -0.1) is 0 Å². The van der Waals surface area contributed by atoms with E-state index in [-0.39, 0.29) is 24.5 Å². The van der Waals surface area contributed by atoms with Gasteiger partial charge in [0.1, 0.15) is 17.6 Å². The van der Waals surface area contributed by atoms with Gasteiger partial charge in [-0.1, -0.05) is 32.0 Å². The van der Waals surface area contributed by atoms with E-state index >= 15 is 0 Å². The topological polar surface area (TPSA) is 83.8 Å². The Labute approximate surface area is 188 Å². The van der Waals surface area contributed by atoms with Crippen LogP contribution in [0.25, 0.3) is 0 Å². The minimum absolute atomic E-state index is 0.0627. The number of amides is 2. The van der Waals surface area contributed by atoms with Gasteiger partial charge in [0.15, 0.2) is 6.61 Å². The quantitative estimate of drug-likeness (QED) is 0.463. The highest BCUT2D eigenvalue weighted by atomic mass is 32.2. The molecule has 2 rings (SSSR count). The number of para-hydroxylation sites is 1. The van der Waals surface area contributed by atoms with Gasteiger partial charge in [0.05, 0.1) is 12.3 Å². The Morgan fingerprint density at radius 3 is 2.48 bits per heavy atom. The molecule has 170 valence electrons. The Balaban J connectivity index is 1.95. The molecule has 1 heterocycles. The van der Waals surface area contributed by atoms with Crippen LogP contribution in [0.2, 0.25) is 0 Å². The van der Waals surface area contributed by atoms with Crippen LogP contribution < -0.4 is 15.4 Å². The summed E-state index contributed by atoms with van der Waals surface area (Å²) < 4.78 is 11.1. The van der Waals surface area contributed by atoms with Crippen molar-refractivity contribution < 1.29 is 18.7 Å². The lowest BCUT2D eigenvalue weighted by molar-refractivity contribution is -0.130. The lowest BCUT2D eigenvalue weighted by Gasteiger charge is -2.29. The average Bonchev–Trinajstić information content (AvgIpc) is 3.33. The Kier molecular flexibility index (Phi) is 11.0. The van der Waals surface area contributed by atoms with Gasteiger partial charge in [-0.3, -0.25) is 14.5 Å². The summed E-state index contributed by atoms with van der Waals surface area (Å²) in [4.78, 5) is 27.5. The van der Waals surface area contributed by atoms with Crippen LogP contribution in [0, 0.1) is 0 Å². The zero-order valence-corrected chi connectivity index (χ0v) is 19.3. The maximum absolute atomic E-state index is 12.9. The molecule has 0 aliphatic heterocycles. The zero-order valence-electron chi connectivity index (χ0n) is 18.5. The van der Waals surface area contributed by atoms with Crippen molar-refractivity contribution in [1.29, 1.82) is 0 Å². The lowest BCUT2D eigenvalue weighted by atomic mass is 10.1. The van der Waals surface area contributed by atoms with Gasteiger partial charge in [-0.25, -0.2) is 0 Å². The summed E-state index contributed by atoms with van der Waals surface area (Å²) in [5.74, 6) is 1.66. The summed E-state index contributed by atoms with van der Waals surface area (Å²) >= 11 is 1.63. The molecule has 8 heteroatoms. The van der Waals surface area contributed by atoms with Gasteiger partial charge in [-0.2, -0.15) is 11.8 Å². The van der Waals surface area contributed by atoms with E-state index < -0.39 is 6.04 Å². The molecule has 2 amide bonds. The highest BCUT2D eigenvalue weighted by Crippen LogP contribution is 2.20. The molecule has 2 atom stereocenters. The second kappa shape index (κ2) is 13.8. The third-order valence-electron chi connectivity index (χ3n) is 4.97. The molecule has 2 N–H and O–H groups in total. The SMILES string of the molecule is CCN(CC)C(CNC(=O)C(CCSC)NC(=O)COc1ccccc1)c1ccco1. The smallest absolute Gasteiger partial charge is 0.258 e. The van der Waals surface area contributed by atoms with Crippen LogP contribution in [0.3, 0.4) is 0 Å². The van der Waals surface area contributed by atoms with E-state index in [0.717, 1.165) is 24.6 Å². The molecule has 1 aromatic heterocycles. The molecule has 0 aliphatic rings. The van der Waals surface area contributed by atoms with Gasteiger partial charge in [-0.05, 0) is 55.8 Å². The third-order valence-corrected chi connectivity index (χ3v) is 5.61. The van der Waals surface area contributed by atoms with Crippen LogP contribution in [0.15, 0.2) is 53.1 Å². The van der Waals surface area contributed by atoms with Crippen molar-refractivity contribution in [3.8, 4) is 5.75 Å². The van der Waals surface area contributed by atoms with E-state index in [1.165, 1.54) is 0 Å². The Bertz CT molecular complexity index is 766. The molecule has 0 saturated carbocycles. The summed E-state index contributed by atoms with van der Waals surface area (Å²) in [6, 6.07) is 12.2. The third kappa shape index (κ3) is 8.30. The number of likely N-dealkylation sites (N-methyl/N-ethyl adjacent to an activating group) is 1. The Morgan fingerprint density at radius 2 is 1.87 bits per heavy atom. The number of carbonyl (C=O) groups is 2. The fourth-order valence-corrected chi connectivity index (χ4v) is 3.75. The van der Waals surface area contributed by atoms with Crippen LogP contribution in [-0.4, -0.2) is 61.0 Å². The van der Waals surface area contributed by atoms with E-state index in [1.54, 1.807) is 30.2 Å². The largest absolute Gasteiger partial charge is 0.484 e. The number of thioether (sulfide) groups is 1. The van der Waals surface area contributed by atoms with Crippen molar-refractivity contribution >= 4 is 23.6 Å². The first-order chi connectivity index (χ1) is 15.1. The summed E-state index contributed by atoms with van der Waals surface area (Å²) in [6.45, 7) is 6.09. The molecule has 0 aliphatic carbocycles. The molecule has 7 nitrogen and oxygen atoms in total. The molecule has 0 bridgehead atoms. The number of benzene rings is 1. The normalized spacial score (nSPS) is 12.9. The molecule has 0 saturated heterocycles. The molecule has 2 unspecified atom stereocenters. The van der Waals surface area contributed by atoms with Crippen molar-refractivity contribution in [1.82, 2.24) is 15.5 Å². The first-order valence-electron chi connectivity index (χ1n) is 10.6. The fourth-order valence-electron chi connectivity index (χ4n) is 3.28. The van der Waals surface area contributed by atoms with E-state index in [9.17, 15) is 9.59 Å². The lowest BCUT2D eigenvalue weighted by Crippen LogP contribution is -2.50. The van der Waals surface area contributed by atoms with Crippen molar-refractivity contribution in [2.24, 2.45) is 0 Å². The molecular weight excluding hydrogens is 414 g/mol. The van der Waals surface area contributed by atoms with Crippen LogP contribution in [-0.2, 0) is 9.59 Å². The molecule has 1 aromatic carbocycles. The number of ether oxygens (including phenoxy) is 1. The summed E-state index contributed by atoms with van der Waals surface area (Å²) in [6.07, 6.45) is 4.16. The molecule has 0 spiro atoms. The maximum atomic E-state index is 12.9. The van der Waals surface area contributed by atoms with E-state index in [2.05, 4.69) is 29.4 Å². The van der Waals surface area contributed by atoms with E-state index in [0.29, 0.717) is 18.7 Å². The van der Waals surface area contributed by atoms with Gasteiger partial charge in [0.2, 0.25) is 5.91 Å². The minimum Gasteiger partial charge on any atom is -0.484 e. The van der Waals surface area contributed by atoms with Crippen LogP contribution in [0.4, 0.5) is 0 Å². The molecule has 0 radical (unpaired) electrons. The Hall–Kier alpha value is -2.45. The minimum atomic E-state index is -0.617. The number of nitrogens with zero attached hydrogens (tertiary/aromatic N) is 1. The molecule has 2 aromatic rings. The number of hydrogen-bond donors (Lipinski definition) is 2. The van der Waals surface area contributed by atoms with Gasteiger partial charge in [0, 0.05) is 6.54 Å². The van der Waals surface area contributed by atoms with Crippen LogP contribution >= 0.6 is 11.8 Å². The molecule has 0 fully saturated rings. The maximum Gasteiger partial charge on any atom is 0.258 e. The standard InChI is InChI=1S/C23H33N3O4S/c1-4-26(5-2)20(21-12-9-14-29-21)16-24-23(28)19(13-15-31-3)25-22(27)17-30-18-10-7-6-8-11-18/h6-12,14,19-20H,4-5,13,15-17H2,1-3H3,(H,24,28)(H,25,27). The molecule has 31 heavy (non-hydrogen) atoms. The number of hydrogen-bond acceptors (Lipinski definition) is 6. The number of nitrogens with one attached hydrogen (secondary N) is 2. The summed E-state index contributed by atoms with van der Waals surface area (Å²) in [7, 11) is 0. The van der Waals surface area contributed by atoms with Crippen molar-refractivity contribution in [3.63, 3.8) is 0 Å². The van der Waals surface area contributed by atoms with E-state index in [1.807, 2.05) is 36.6 Å². The van der Waals surface area contributed by atoms with Crippen LogP contribution in [0.5, 0.6) is 5.75 Å². The second-order valence-corrected chi connectivity index (χ2v) is 7.99. The Morgan fingerprint density at radius 1 is 1.13 bits per heavy atom. The second-order valence-electron chi connectivity index (χ2n) is 7.00. The fraction of sp³-hybridized carbons (Fsp3) is 0.478. The number of furan rings is 1. The van der Waals surface area contributed by atoms with Crippen molar-refractivity contribution in [2.75, 3.05) is 38.2 Å². The van der Waals surface area contributed by atoms with Gasteiger partial charge >= 0.3 is 0 Å². The van der Waals surface area contributed by atoms with Crippen LogP contribution in [0.1, 0.15) is 32.1 Å². The highest BCUT2D eigenvalue weighted by Gasteiger charge is 2.25. The van der Waals surface area contributed by atoms with Gasteiger partial charge in [0.25, 0.3) is 5.91 Å². The summed E-state index contributed by atoms with van der Waals surface area (Å²) in [5.41, 5.74) is 0. The predicted octanol–water partition coefficient (Wildman–Crippen LogP) is 3.10. The first-order valence-corrected chi connectivity index (χ1v) is 12.0. The zero-order chi connectivity index (χ0) is 22.5. The molecular formula is C23H33N3O4S. The first kappa shape index (κ1) is 24.8. The van der Waals surface area contributed by atoms with Gasteiger partial charge < -0.3 is 19.8 Å². The average molecular weight is 448 g/mol.